The van der Waals surface area contributed by atoms with Crippen LogP contribution in [0.1, 0.15) is 15.9 Å². The Morgan fingerprint density at radius 1 is 1.09 bits per heavy atom. The second-order valence-electron chi connectivity index (χ2n) is 4.86. The van der Waals surface area contributed by atoms with Gasteiger partial charge in [-0.3, -0.25) is 4.79 Å². The van der Waals surface area contributed by atoms with E-state index in [1.54, 1.807) is 36.4 Å². The van der Waals surface area contributed by atoms with Crippen LogP contribution >= 0.6 is 0 Å². The van der Waals surface area contributed by atoms with E-state index in [-0.39, 0.29) is 5.91 Å². The average molecular weight is 293 g/mol. The summed E-state index contributed by atoms with van der Waals surface area (Å²) >= 11 is 0. The molecule has 1 unspecified atom stereocenters. The number of carbonyl (C=O) groups is 2. The molecule has 0 spiro atoms. The summed E-state index contributed by atoms with van der Waals surface area (Å²) in [4.78, 5) is 24.1. The zero-order valence-corrected chi connectivity index (χ0v) is 12.3. The summed E-state index contributed by atoms with van der Waals surface area (Å²) in [6.45, 7) is 0. The third-order valence-electron chi connectivity index (χ3n) is 3.25. The van der Waals surface area contributed by atoms with Gasteiger partial charge >= 0.3 is 5.97 Å². The molecule has 0 fully saturated rings. The van der Waals surface area contributed by atoms with Gasteiger partial charge in [0.15, 0.2) is 0 Å². The fraction of sp³-hybridized carbons (Fsp3) is 0.176. The maximum atomic E-state index is 12.2. The van der Waals surface area contributed by atoms with Crippen LogP contribution in [0.25, 0.3) is 0 Å². The fourth-order valence-electron chi connectivity index (χ4n) is 2.06. The van der Waals surface area contributed by atoms with Gasteiger partial charge in [0.1, 0.15) is 13.9 Å². The van der Waals surface area contributed by atoms with E-state index < -0.39 is 12.0 Å². The SMILES string of the molecule is [B]c1ccc(CC(NC(=O)c2ccccc2)C(=O)OC)cc1. The summed E-state index contributed by atoms with van der Waals surface area (Å²) in [5, 5.41) is 2.70. The van der Waals surface area contributed by atoms with Crippen molar-refractivity contribution in [3.63, 3.8) is 0 Å². The molecule has 0 saturated heterocycles. The third-order valence-corrected chi connectivity index (χ3v) is 3.25. The minimum atomic E-state index is -0.749. The molecule has 0 bridgehead atoms. The summed E-state index contributed by atoms with van der Waals surface area (Å²) in [6, 6.07) is 15.1. The molecule has 0 heterocycles. The lowest BCUT2D eigenvalue weighted by molar-refractivity contribution is -0.142. The van der Waals surface area contributed by atoms with Crippen LogP contribution in [0.3, 0.4) is 0 Å². The van der Waals surface area contributed by atoms with Crippen molar-refractivity contribution >= 4 is 25.2 Å². The highest BCUT2D eigenvalue weighted by Gasteiger charge is 2.22. The highest BCUT2D eigenvalue weighted by Crippen LogP contribution is 2.06. The highest BCUT2D eigenvalue weighted by molar-refractivity contribution is 6.32. The van der Waals surface area contributed by atoms with E-state index in [1.807, 2.05) is 18.2 Å². The van der Waals surface area contributed by atoms with Crippen LogP contribution < -0.4 is 10.8 Å². The Morgan fingerprint density at radius 2 is 1.73 bits per heavy atom. The molecule has 0 saturated carbocycles. The molecule has 0 aliphatic heterocycles. The Morgan fingerprint density at radius 3 is 2.32 bits per heavy atom. The molecule has 0 aliphatic rings. The molecule has 5 heteroatoms. The van der Waals surface area contributed by atoms with Gasteiger partial charge in [-0.25, -0.2) is 4.79 Å². The van der Waals surface area contributed by atoms with Gasteiger partial charge in [0.2, 0.25) is 0 Å². The van der Waals surface area contributed by atoms with Crippen LogP contribution in [0.5, 0.6) is 0 Å². The Balaban J connectivity index is 2.11. The van der Waals surface area contributed by atoms with Crippen LogP contribution in [0.4, 0.5) is 0 Å². The molecule has 2 aromatic rings. The first kappa shape index (κ1) is 15.8. The van der Waals surface area contributed by atoms with E-state index in [4.69, 9.17) is 12.6 Å². The number of nitrogens with one attached hydrogen (secondary N) is 1. The van der Waals surface area contributed by atoms with Gasteiger partial charge in [-0.1, -0.05) is 47.9 Å². The molecular weight excluding hydrogens is 277 g/mol. The van der Waals surface area contributed by atoms with Crippen molar-refractivity contribution in [2.75, 3.05) is 7.11 Å². The van der Waals surface area contributed by atoms with Crippen LogP contribution in [0.2, 0.25) is 0 Å². The fourth-order valence-corrected chi connectivity index (χ4v) is 2.06. The van der Waals surface area contributed by atoms with Gasteiger partial charge in [-0.15, -0.1) is 0 Å². The first-order valence-corrected chi connectivity index (χ1v) is 6.88. The topological polar surface area (TPSA) is 55.4 Å². The average Bonchev–Trinajstić information content (AvgIpc) is 2.56. The lowest BCUT2D eigenvalue weighted by Gasteiger charge is -2.17. The predicted molar refractivity (Wildman–Crippen MR) is 85.2 cm³/mol. The number of benzene rings is 2. The van der Waals surface area contributed by atoms with E-state index in [0.717, 1.165) is 5.56 Å². The summed E-state index contributed by atoms with van der Waals surface area (Å²) in [6.07, 6.45) is 0.339. The first-order chi connectivity index (χ1) is 10.6. The van der Waals surface area contributed by atoms with Crippen LogP contribution in [0, 0.1) is 0 Å². The van der Waals surface area contributed by atoms with Gasteiger partial charge in [-0.2, -0.15) is 0 Å². The monoisotopic (exact) mass is 293 g/mol. The smallest absolute Gasteiger partial charge is 0.328 e. The van der Waals surface area contributed by atoms with E-state index in [9.17, 15) is 9.59 Å². The number of amides is 1. The van der Waals surface area contributed by atoms with Crippen molar-refractivity contribution in [3.8, 4) is 0 Å². The van der Waals surface area contributed by atoms with Crippen molar-refractivity contribution in [2.24, 2.45) is 0 Å². The molecule has 1 atom stereocenters. The quantitative estimate of drug-likeness (QED) is 0.661. The first-order valence-electron chi connectivity index (χ1n) is 6.88. The molecule has 0 aromatic heterocycles. The molecule has 22 heavy (non-hydrogen) atoms. The lowest BCUT2D eigenvalue weighted by Crippen LogP contribution is -2.43. The number of carbonyl (C=O) groups excluding carboxylic acids is 2. The van der Waals surface area contributed by atoms with Gasteiger partial charge in [0.05, 0.1) is 7.11 Å². The Hall–Kier alpha value is -2.56. The molecule has 2 aromatic carbocycles. The second kappa shape index (κ2) is 7.45. The molecule has 0 aliphatic carbocycles. The zero-order chi connectivity index (χ0) is 15.9. The molecule has 2 radical (unpaired) electrons. The van der Waals surface area contributed by atoms with Crippen molar-refractivity contribution in [1.82, 2.24) is 5.32 Å². The molecule has 1 N–H and O–H groups in total. The van der Waals surface area contributed by atoms with Crippen molar-refractivity contribution in [2.45, 2.75) is 12.5 Å². The minimum absolute atomic E-state index is 0.313. The summed E-state index contributed by atoms with van der Waals surface area (Å²) < 4.78 is 4.77. The Bertz CT molecular complexity index is 641. The Labute approximate surface area is 130 Å². The number of rotatable bonds is 5. The van der Waals surface area contributed by atoms with Crippen molar-refractivity contribution in [3.05, 3.63) is 65.7 Å². The van der Waals surface area contributed by atoms with Crippen LogP contribution in [-0.4, -0.2) is 32.9 Å². The summed E-state index contributed by atoms with van der Waals surface area (Å²) in [5.41, 5.74) is 2.03. The summed E-state index contributed by atoms with van der Waals surface area (Å²) in [7, 11) is 6.94. The third kappa shape index (κ3) is 4.22. The molecular formula is C17H16BNO3. The highest BCUT2D eigenvalue weighted by atomic mass is 16.5. The Kier molecular flexibility index (Phi) is 5.36. The molecule has 4 nitrogen and oxygen atoms in total. The molecule has 2 rings (SSSR count). The van der Waals surface area contributed by atoms with Gasteiger partial charge in [-0.05, 0) is 17.7 Å². The summed E-state index contributed by atoms with van der Waals surface area (Å²) in [5.74, 6) is -0.799. The zero-order valence-electron chi connectivity index (χ0n) is 12.3. The normalized spacial score (nSPS) is 11.5. The molecule has 110 valence electrons. The van der Waals surface area contributed by atoms with Gasteiger partial charge < -0.3 is 10.1 Å². The minimum Gasteiger partial charge on any atom is -0.467 e. The van der Waals surface area contributed by atoms with Crippen molar-refractivity contribution in [1.29, 1.82) is 0 Å². The van der Waals surface area contributed by atoms with E-state index in [1.165, 1.54) is 7.11 Å². The standard InChI is InChI=1S/C17H16BNO3/c1-22-17(21)15(11-12-7-9-14(18)10-8-12)19-16(20)13-5-3-2-4-6-13/h2-10,15H,11H2,1H3,(H,19,20). The van der Waals surface area contributed by atoms with Crippen LogP contribution in [0.15, 0.2) is 54.6 Å². The number of hydrogen-bond acceptors (Lipinski definition) is 3. The van der Waals surface area contributed by atoms with E-state index in [0.29, 0.717) is 17.4 Å². The maximum absolute atomic E-state index is 12.2. The second-order valence-corrected chi connectivity index (χ2v) is 4.86. The number of methoxy groups -OCH3 is 1. The predicted octanol–water partition coefficient (Wildman–Crippen LogP) is 0.994. The van der Waals surface area contributed by atoms with Gasteiger partial charge in [0.25, 0.3) is 5.91 Å². The largest absolute Gasteiger partial charge is 0.467 e. The maximum Gasteiger partial charge on any atom is 0.328 e. The van der Waals surface area contributed by atoms with Crippen molar-refractivity contribution < 1.29 is 14.3 Å². The lowest BCUT2D eigenvalue weighted by atomic mass is 9.94. The van der Waals surface area contributed by atoms with Gasteiger partial charge in [0, 0.05) is 12.0 Å². The number of hydrogen-bond donors (Lipinski definition) is 1. The van der Waals surface area contributed by atoms with E-state index >= 15 is 0 Å². The number of ether oxygens (including phenoxy) is 1. The van der Waals surface area contributed by atoms with E-state index in [2.05, 4.69) is 5.32 Å². The molecule has 1 amide bonds. The number of esters is 1. The van der Waals surface area contributed by atoms with Crippen LogP contribution in [-0.2, 0) is 16.0 Å².